The highest BCUT2D eigenvalue weighted by atomic mass is 32.1. The monoisotopic (exact) mass is 245 g/mol. The number of hydrogen-bond acceptors (Lipinski definition) is 4. The van der Waals surface area contributed by atoms with Crippen molar-refractivity contribution in [1.29, 1.82) is 0 Å². The minimum absolute atomic E-state index is 0.969. The van der Waals surface area contributed by atoms with Crippen molar-refractivity contribution in [2.24, 2.45) is 5.10 Å². The Kier molecular flexibility index (Phi) is 3.54. The van der Waals surface area contributed by atoms with Gasteiger partial charge in [0.05, 0.1) is 27.0 Å². The summed E-state index contributed by atoms with van der Waals surface area (Å²) in [6.07, 6.45) is 0. The lowest BCUT2D eigenvalue weighted by Crippen LogP contribution is -1.99. The number of anilines is 1. The number of hydrazone groups is 1. The van der Waals surface area contributed by atoms with E-state index < -0.39 is 0 Å². The summed E-state index contributed by atoms with van der Waals surface area (Å²) >= 11 is 1.68. The summed E-state index contributed by atoms with van der Waals surface area (Å²) in [4.78, 5) is 5.54. The van der Waals surface area contributed by atoms with Gasteiger partial charge < -0.3 is 0 Å². The van der Waals surface area contributed by atoms with E-state index in [2.05, 4.69) is 15.5 Å². The molecule has 0 spiro atoms. The predicted octanol–water partition coefficient (Wildman–Crippen LogP) is 3.60. The first-order valence-corrected chi connectivity index (χ1v) is 6.28. The van der Waals surface area contributed by atoms with Crippen LogP contribution in [0.25, 0.3) is 0 Å². The molecule has 0 aliphatic carbocycles. The van der Waals surface area contributed by atoms with Gasteiger partial charge in [-0.05, 0) is 32.9 Å². The molecule has 0 unspecified atom stereocenters. The number of nitrogens with one attached hydrogen (secondary N) is 1. The summed E-state index contributed by atoms with van der Waals surface area (Å²) in [6.45, 7) is 6.02. The molecule has 0 amide bonds. The Labute approximate surface area is 105 Å². The smallest absolute Gasteiger partial charge is 0.0904 e. The first kappa shape index (κ1) is 11.8. The minimum Gasteiger partial charge on any atom is -0.278 e. The average Bonchev–Trinajstić information content (AvgIpc) is 2.67. The molecule has 3 nitrogen and oxygen atoms in total. The van der Waals surface area contributed by atoms with Crippen LogP contribution < -0.4 is 5.43 Å². The third-order valence-electron chi connectivity index (χ3n) is 2.36. The highest BCUT2D eigenvalue weighted by Crippen LogP contribution is 2.18. The molecule has 0 fully saturated rings. The number of nitrogens with zero attached hydrogens (tertiary/aromatic N) is 2. The zero-order valence-electron chi connectivity index (χ0n) is 10.2. The molecular formula is C13H15N3S. The van der Waals surface area contributed by atoms with Gasteiger partial charge in [0.2, 0.25) is 0 Å². The predicted molar refractivity (Wildman–Crippen MR) is 73.9 cm³/mol. The summed E-state index contributed by atoms with van der Waals surface area (Å²) in [5, 5.41) is 5.45. The van der Waals surface area contributed by atoms with Gasteiger partial charge in [0.1, 0.15) is 0 Å². The fraction of sp³-hybridized carbons (Fsp3) is 0.231. The van der Waals surface area contributed by atoms with E-state index in [9.17, 15) is 0 Å². The molecule has 1 heterocycles. The van der Waals surface area contributed by atoms with Gasteiger partial charge in [0.25, 0.3) is 0 Å². The van der Waals surface area contributed by atoms with Gasteiger partial charge >= 0.3 is 0 Å². The minimum atomic E-state index is 0.969. The van der Waals surface area contributed by atoms with Crippen molar-refractivity contribution in [2.75, 3.05) is 5.43 Å². The van der Waals surface area contributed by atoms with Crippen LogP contribution in [0.3, 0.4) is 0 Å². The standard InChI is InChI=1S/C13H15N3S/c1-9-13(17-11(3)14-9)10(2)15-16-12-7-5-4-6-8-12/h4-8,16H,1-3H3/b15-10+. The zero-order valence-corrected chi connectivity index (χ0v) is 11.0. The number of hydrogen-bond donors (Lipinski definition) is 1. The second-order valence-corrected chi connectivity index (χ2v) is 5.03. The van der Waals surface area contributed by atoms with Crippen molar-refractivity contribution in [3.63, 3.8) is 0 Å². The van der Waals surface area contributed by atoms with Crippen molar-refractivity contribution < 1.29 is 0 Å². The molecule has 0 aliphatic rings. The topological polar surface area (TPSA) is 37.3 Å². The summed E-state index contributed by atoms with van der Waals surface area (Å²) in [6, 6.07) is 9.92. The number of benzene rings is 1. The lowest BCUT2D eigenvalue weighted by Gasteiger charge is -2.01. The van der Waals surface area contributed by atoms with Crippen molar-refractivity contribution in [3.8, 4) is 0 Å². The quantitative estimate of drug-likeness (QED) is 0.662. The van der Waals surface area contributed by atoms with E-state index >= 15 is 0 Å². The molecule has 1 aromatic heterocycles. The Morgan fingerprint density at radius 2 is 1.94 bits per heavy atom. The van der Waals surface area contributed by atoms with Crippen LogP contribution in [0.15, 0.2) is 35.4 Å². The van der Waals surface area contributed by atoms with Gasteiger partial charge in [-0.3, -0.25) is 5.43 Å². The fourth-order valence-corrected chi connectivity index (χ4v) is 2.44. The number of rotatable bonds is 3. The van der Waals surface area contributed by atoms with Crippen molar-refractivity contribution in [3.05, 3.63) is 45.9 Å². The largest absolute Gasteiger partial charge is 0.278 e. The first-order chi connectivity index (χ1) is 8.16. The van der Waals surface area contributed by atoms with E-state index in [1.54, 1.807) is 11.3 Å². The lowest BCUT2D eigenvalue weighted by atomic mass is 10.3. The number of para-hydroxylation sites is 1. The van der Waals surface area contributed by atoms with E-state index in [1.165, 1.54) is 0 Å². The molecular weight excluding hydrogens is 230 g/mol. The highest BCUT2D eigenvalue weighted by Gasteiger charge is 2.07. The second kappa shape index (κ2) is 5.10. The van der Waals surface area contributed by atoms with Crippen LogP contribution in [-0.2, 0) is 0 Å². The number of aryl methyl sites for hydroxylation is 2. The van der Waals surface area contributed by atoms with E-state index in [1.807, 2.05) is 51.1 Å². The zero-order chi connectivity index (χ0) is 12.3. The van der Waals surface area contributed by atoms with Gasteiger partial charge in [0.15, 0.2) is 0 Å². The Hall–Kier alpha value is -1.68. The van der Waals surface area contributed by atoms with Crippen molar-refractivity contribution in [2.45, 2.75) is 20.8 Å². The molecule has 1 N–H and O–H groups in total. The second-order valence-electron chi connectivity index (χ2n) is 3.82. The summed E-state index contributed by atoms with van der Waals surface area (Å²) < 4.78 is 0. The molecule has 0 saturated carbocycles. The van der Waals surface area contributed by atoms with Gasteiger partial charge in [0, 0.05) is 0 Å². The van der Waals surface area contributed by atoms with E-state index in [4.69, 9.17) is 0 Å². The maximum atomic E-state index is 4.40. The molecule has 0 atom stereocenters. The van der Waals surface area contributed by atoms with Crippen LogP contribution in [0.5, 0.6) is 0 Å². The molecule has 88 valence electrons. The van der Waals surface area contributed by atoms with Gasteiger partial charge in [-0.15, -0.1) is 11.3 Å². The highest BCUT2D eigenvalue weighted by molar-refractivity contribution is 7.13. The van der Waals surface area contributed by atoms with E-state index in [0.717, 1.165) is 27.0 Å². The van der Waals surface area contributed by atoms with Gasteiger partial charge in [-0.25, -0.2) is 4.98 Å². The van der Waals surface area contributed by atoms with Crippen molar-refractivity contribution >= 4 is 22.7 Å². The third-order valence-corrected chi connectivity index (χ3v) is 3.54. The van der Waals surface area contributed by atoms with E-state index in [0.29, 0.717) is 0 Å². The van der Waals surface area contributed by atoms with Crippen molar-refractivity contribution in [1.82, 2.24) is 4.98 Å². The molecule has 1 aromatic carbocycles. The normalized spacial score (nSPS) is 11.6. The molecule has 2 rings (SSSR count). The van der Waals surface area contributed by atoms with Crippen LogP contribution in [0.1, 0.15) is 22.5 Å². The molecule has 0 saturated heterocycles. The van der Waals surface area contributed by atoms with Crippen LogP contribution in [0.2, 0.25) is 0 Å². The molecule has 2 aromatic rings. The molecule has 4 heteroatoms. The lowest BCUT2D eigenvalue weighted by molar-refractivity contribution is 1.19. The number of aromatic nitrogens is 1. The Balaban J connectivity index is 2.15. The summed E-state index contributed by atoms with van der Waals surface area (Å²) in [7, 11) is 0. The number of thiazole rings is 1. The average molecular weight is 245 g/mol. The van der Waals surface area contributed by atoms with Crippen LogP contribution >= 0.6 is 11.3 Å². The first-order valence-electron chi connectivity index (χ1n) is 5.46. The van der Waals surface area contributed by atoms with Crippen LogP contribution in [0.4, 0.5) is 5.69 Å². The summed E-state index contributed by atoms with van der Waals surface area (Å²) in [5.74, 6) is 0. The van der Waals surface area contributed by atoms with Crippen LogP contribution in [0, 0.1) is 13.8 Å². The Morgan fingerprint density at radius 1 is 1.24 bits per heavy atom. The molecule has 17 heavy (non-hydrogen) atoms. The Bertz CT molecular complexity index is 529. The van der Waals surface area contributed by atoms with E-state index in [-0.39, 0.29) is 0 Å². The maximum absolute atomic E-state index is 4.40. The SMILES string of the molecule is C/C(=N\Nc1ccccc1)c1sc(C)nc1C. The Morgan fingerprint density at radius 3 is 2.53 bits per heavy atom. The summed E-state index contributed by atoms with van der Waals surface area (Å²) in [5.41, 5.74) is 6.05. The molecule has 0 bridgehead atoms. The maximum Gasteiger partial charge on any atom is 0.0904 e. The fourth-order valence-electron chi connectivity index (χ4n) is 1.58. The van der Waals surface area contributed by atoms with Gasteiger partial charge in [-0.1, -0.05) is 18.2 Å². The molecule has 0 aliphatic heterocycles. The third kappa shape index (κ3) is 2.91. The van der Waals surface area contributed by atoms with Crippen LogP contribution in [-0.4, -0.2) is 10.7 Å². The van der Waals surface area contributed by atoms with Gasteiger partial charge in [-0.2, -0.15) is 5.10 Å². The molecule has 0 radical (unpaired) electrons.